The van der Waals surface area contributed by atoms with Crippen LogP contribution in [0.15, 0.2) is 52.5 Å². The molecule has 0 saturated carbocycles. The van der Waals surface area contributed by atoms with E-state index in [2.05, 4.69) is 16.9 Å². The van der Waals surface area contributed by atoms with Crippen molar-refractivity contribution < 1.29 is 8.42 Å². The first-order valence-electron chi connectivity index (χ1n) is 7.13. The van der Waals surface area contributed by atoms with Gasteiger partial charge >= 0.3 is 0 Å². The molecule has 22 heavy (non-hydrogen) atoms. The Kier molecular flexibility index (Phi) is 4.98. The lowest BCUT2D eigenvalue weighted by molar-refractivity contribution is 0.584. The second-order valence-electron chi connectivity index (χ2n) is 5.22. The maximum Gasteiger partial charge on any atom is 0.276 e. The highest BCUT2D eigenvalue weighted by Gasteiger charge is 2.15. The Balaban J connectivity index is 2.15. The van der Waals surface area contributed by atoms with E-state index < -0.39 is 10.0 Å². The number of rotatable bonds is 5. The zero-order chi connectivity index (χ0) is 16.2. The van der Waals surface area contributed by atoms with Gasteiger partial charge in [0.1, 0.15) is 0 Å². The van der Waals surface area contributed by atoms with E-state index in [-0.39, 0.29) is 4.90 Å². The largest absolute Gasteiger partial charge is 0.276 e. The van der Waals surface area contributed by atoms with Gasteiger partial charge < -0.3 is 0 Å². The van der Waals surface area contributed by atoms with Crippen molar-refractivity contribution in [3.8, 4) is 0 Å². The van der Waals surface area contributed by atoms with Crippen LogP contribution in [0.4, 0.5) is 0 Å². The van der Waals surface area contributed by atoms with Crippen molar-refractivity contribution in [1.82, 2.24) is 4.83 Å². The third-order valence-corrected chi connectivity index (χ3v) is 4.77. The summed E-state index contributed by atoms with van der Waals surface area (Å²) in [6.45, 7) is 5.71. The number of nitrogens with zero attached hydrogens (tertiary/aromatic N) is 1. The summed E-state index contributed by atoms with van der Waals surface area (Å²) in [4.78, 5) is 2.52. The van der Waals surface area contributed by atoms with Gasteiger partial charge in [-0.3, -0.25) is 0 Å². The summed E-state index contributed by atoms with van der Waals surface area (Å²) in [6.07, 6.45) is 2.47. The summed E-state index contributed by atoms with van der Waals surface area (Å²) in [5.74, 6) is 0. The van der Waals surface area contributed by atoms with E-state index >= 15 is 0 Å². The normalized spacial score (nSPS) is 11.8. The van der Waals surface area contributed by atoms with Gasteiger partial charge in [-0.1, -0.05) is 43.3 Å². The van der Waals surface area contributed by atoms with Gasteiger partial charge in [0, 0.05) is 0 Å². The van der Waals surface area contributed by atoms with Gasteiger partial charge in [-0.2, -0.15) is 13.5 Å². The van der Waals surface area contributed by atoms with Crippen LogP contribution in [0, 0.1) is 13.8 Å². The first kappa shape index (κ1) is 16.2. The Bertz CT molecular complexity index is 779. The van der Waals surface area contributed by atoms with Crippen LogP contribution in [0.2, 0.25) is 0 Å². The molecule has 0 aromatic heterocycles. The van der Waals surface area contributed by atoms with Crippen LogP contribution >= 0.6 is 0 Å². The average molecular weight is 316 g/mol. The van der Waals surface area contributed by atoms with E-state index in [4.69, 9.17) is 0 Å². The van der Waals surface area contributed by atoms with Crippen molar-refractivity contribution in [2.75, 3.05) is 0 Å². The highest BCUT2D eigenvalue weighted by Crippen LogP contribution is 2.16. The van der Waals surface area contributed by atoms with Crippen molar-refractivity contribution in [1.29, 1.82) is 0 Å². The number of hydrazone groups is 1. The summed E-state index contributed by atoms with van der Waals surface area (Å²) < 4.78 is 24.5. The fourth-order valence-electron chi connectivity index (χ4n) is 2.06. The molecule has 0 atom stereocenters. The van der Waals surface area contributed by atoms with Crippen molar-refractivity contribution in [2.45, 2.75) is 32.1 Å². The summed E-state index contributed by atoms with van der Waals surface area (Å²) in [5.41, 5.74) is 3.67. The third-order valence-electron chi connectivity index (χ3n) is 3.41. The molecule has 0 fully saturated rings. The van der Waals surface area contributed by atoms with Crippen molar-refractivity contribution >= 4 is 16.2 Å². The molecule has 0 aliphatic rings. The summed E-state index contributed by atoms with van der Waals surface area (Å²) in [5, 5.41) is 3.85. The zero-order valence-corrected chi connectivity index (χ0v) is 13.8. The lowest BCUT2D eigenvalue weighted by atomic mass is 10.1. The van der Waals surface area contributed by atoms with Gasteiger partial charge in [0.2, 0.25) is 0 Å². The molecule has 0 aliphatic carbocycles. The monoisotopic (exact) mass is 316 g/mol. The number of benzene rings is 2. The average Bonchev–Trinajstić information content (AvgIpc) is 2.50. The SMILES string of the molecule is CCc1ccc(C=NNS(=O)(=O)c2cc(C)ccc2C)cc1. The predicted octanol–water partition coefficient (Wildman–Crippen LogP) is 3.18. The van der Waals surface area contributed by atoms with Crippen LogP contribution < -0.4 is 4.83 Å². The van der Waals surface area contributed by atoms with Gasteiger partial charge in [-0.15, -0.1) is 0 Å². The van der Waals surface area contributed by atoms with Crippen LogP contribution in [0.25, 0.3) is 0 Å². The van der Waals surface area contributed by atoms with Gasteiger partial charge in [0.15, 0.2) is 0 Å². The molecule has 0 spiro atoms. The molecule has 0 unspecified atom stereocenters. The Morgan fingerprint density at radius 1 is 1.09 bits per heavy atom. The predicted molar refractivity (Wildman–Crippen MR) is 89.7 cm³/mol. The lowest BCUT2D eigenvalue weighted by Crippen LogP contribution is -2.19. The van der Waals surface area contributed by atoms with Gasteiger partial charge in [0.05, 0.1) is 11.1 Å². The Morgan fingerprint density at radius 2 is 1.77 bits per heavy atom. The Hall–Kier alpha value is -2.14. The molecule has 2 aromatic rings. The van der Waals surface area contributed by atoms with E-state index in [1.807, 2.05) is 37.3 Å². The zero-order valence-electron chi connectivity index (χ0n) is 13.0. The van der Waals surface area contributed by atoms with Gasteiger partial charge in [-0.05, 0) is 48.6 Å². The second-order valence-corrected chi connectivity index (χ2v) is 6.85. The molecular formula is C17H20N2O2S. The summed E-state index contributed by atoms with van der Waals surface area (Å²) >= 11 is 0. The highest BCUT2D eigenvalue weighted by atomic mass is 32.2. The van der Waals surface area contributed by atoms with Crippen LogP contribution in [0.1, 0.15) is 29.2 Å². The minimum Gasteiger partial charge on any atom is -0.200 e. The fraction of sp³-hybridized carbons (Fsp3) is 0.235. The Labute approximate surface area is 131 Å². The molecule has 0 saturated heterocycles. The molecular weight excluding hydrogens is 296 g/mol. The maximum absolute atomic E-state index is 12.3. The molecule has 0 amide bonds. The van der Waals surface area contributed by atoms with Crippen LogP contribution in [0.5, 0.6) is 0 Å². The number of nitrogens with one attached hydrogen (secondary N) is 1. The number of sulfonamides is 1. The van der Waals surface area contributed by atoms with Crippen LogP contribution in [-0.2, 0) is 16.4 Å². The molecule has 0 heterocycles. The summed E-state index contributed by atoms with van der Waals surface area (Å²) in [7, 11) is -3.64. The quantitative estimate of drug-likeness (QED) is 0.680. The molecule has 4 nitrogen and oxygen atoms in total. The van der Waals surface area contributed by atoms with E-state index in [9.17, 15) is 8.42 Å². The minimum atomic E-state index is -3.64. The van der Waals surface area contributed by atoms with Crippen molar-refractivity contribution in [3.63, 3.8) is 0 Å². The van der Waals surface area contributed by atoms with Crippen molar-refractivity contribution in [2.24, 2.45) is 5.10 Å². The molecule has 116 valence electrons. The van der Waals surface area contributed by atoms with Gasteiger partial charge in [-0.25, -0.2) is 4.83 Å². The molecule has 0 bridgehead atoms. The van der Waals surface area contributed by atoms with Crippen LogP contribution in [-0.4, -0.2) is 14.6 Å². The molecule has 1 N–H and O–H groups in total. The van der Waals surface area contributed by atoms with Gasteiger partial charge in [0.25, 0.3) is 10.0 Å². The van der Waals surface area contributed by atoms with E-state index in [1.165, 1.54) is 11.8 Å². The number of hydrogen-bond acceptors (Lipinski definition) is 3. The summed E-state index contributed by atoms with van der Waals surface area (Å²) in [6, 6.07) is 13.1. The Morgan fingerprint density at radius 3 is 2.41 bits per heavy atom. The van der Waals surface area contributed by atoms with E-state index in [1.54, 1.807) is 19.1 Å². The smallest absolute Gasteiger partial charge is 0.200 e. The third kappa shape index (κ3) is 3.95. The highest BCUT2D eigenvalue weighted by molar-refractivity contribution is 7.89. The van der Waals surface area contributed by atoms with E-state index in [0.29, 0.717) is 5.56 Å². The molecule has 0 aliphatic heterocycles. The molecule has 5 heteroatoms. The molecule has 0 radical (unpaired) electrons. The first-order valence-corrected chi connectivity index (χ1v) is 8.62. The standard InChI is InChI=1S/C17H20N2O2S/c1-4-15-7-9-16(10-8-15)12-18-19-22(20,21)17-11-13(2)5-6-14(17)3/h5-12,19H,4H2,1-3H3. The molecule has 2 aromatic carbocycles. The van der Waals surface area contributed by atoms with E-state index in [0.717, 1.165) is 17.5 Å². The minimum absolute atomic E-state index is 0.256. The maximum atomic E-state index is 12.3. The number of aryl methyl sites for hydroxylation is 3. The van der Waals surface area contributed by atoms with Crippen LogP contribution in [0.3, 0.4) is 0 Å². The molecule has 2 rings (SSSR count). The van der Waals surface area contributed by atoms with Crippen molar-refractivity contribution in [3.05, 3.63) is 64.7 Å². The second kappa shape index (κ2) is 6.75. The first-order chi connectivity index (χ1) is 10.4. The fourth-order valence-corrected chi connectivity index (χ4v) is 3.18. The lowest BCUT2D eigenvalue weighted by Gasteiger charge is -2.07. The topological polar surface area (TPSA) is 58.5 Å². The number of hydrogen-bond donors (Lipinski definition) is 1.